The van der Waals surface area contributed by atoms with Crippen molar-refractivity contribution in [2.24, 2.45) is 5.73 Å². The van der Waals surface area contributed by atoms with Crippen molar-refractivity contribution in [1.82, 2.24) is 0 Å². The van der Waals surface area contributed by atoms with Gasteiger partial charge in [0.1, 0.15) is 12.4 Å². The van der Waals surface area contributed by atoms with Gasteiger partial charge in [0.25, 0.3) is 0 Å². The summed E-state index contributed by atoms with van der Waals surface area (Å²) in [5.41, 5.74) is 5.62. The molecular weight excluding hydrogens is 206 g/mol. The molecule has 0 radical (unpaired) electrons. The molecule has 1 aromatic carbocycles. The Morgan fingerprint density at radius 1 is 1.31 bits per heavy atom. The minimum Gasteiger partial charge on any atom is -0.492 e. The first kappa shape index (κ1) is 12.6. The van der Waals surface area contributed by atoms with Gasteiger partial charge in [-0.15, -0.1) is 12.4 Å². The highest BCUT2D eigenvalue weighted by molar-refractivity contribution is 7.80. The Morgan fingerprint density at radius 2 is 1.92 bits per heavy atom. The molecule has 1 atom stereocenters. The molecule has 0 aliphatic heterocycles. The van der Waals surface area contributed by atoms with E-state index in [1.54, 1.807) is 0 Å². The minimum absolute atomic E-state index is 0. The summed E-state index contributed by atoms with van der Waals surface area (Å²) in [6.45, 7) is 0.521. The van der Waals surface area contributed by atoms with Gasteiger partial charge in [0.2, 0.25) is 0 Å². The lowest BCUT2D eigenvalue weighted by molar-refractivity contribution is 0.298. The highest BCUT2D eigenvalue weighted by Crippen LogP contribution is 2.08. The summed E-state index contributed by atoms with van der Waals surface area (Å²) in [5.74, 6) is 1.50. The van der Waals surface area contributed by atoms with E-state index in [4.69, 9.17) is 10.5 Å². The summed E-state index contributed by atoms with van der Waals surface area (Å²) < 4.78 is 5.38. The monoisotopic (exact) mass is 219 g/mol. The van der Waals surface area contributed by atoms with Gasteiger partial charge in [-0.1, -0.05) is 18.2 Å². The molecule has 0 aliphatic rings. The highest BCUT2D eigenvalue weighted by Gasteiger charge is 1.99. The van der Waals surface area contributed by atoms with Crippen LogP contribution in [0.5, 0.6) is 5.75 Å². The second kappa shape index (κ2) is 7.06. The van der Waals surface area contributed by atoms with E-state index in [1.165, 1.54) is 0 Å². The number of halogens is 1. The van der Waals surface area contributed by atoms with Crippen LogP contribution in [0.1, 0.15) is 0 Å². The standard InChI is InChI=1S/C9H13NOS.ClH/c10-8(7-12)6-11-9-4-2-1-3-5-9;/h1-5,8,12H,6-7,10H2;1H/t8-;/m0./s1. The van der Waals surface area contributed by atoms with E-state index in [0.717, 1.165) is 5.75 Å². The topological polar surface area (TPSA) is 35.2 Å². The summed E-state index contributed by atoms with van der Waals surface area (Å²) in [6.07, 6.45) is 0. The predicted molar refractivity (Wildman–Crippen MR) is 61.0 cm³/mol. The van der Waals surface area contributed by atoms with Crippen LogP contribution in [0.15, 0.2) is 30.3 Å². The summed E-state index contributed by atoms with van der Waals surface area (Å²) in [6, 6.07) is 9.64. The van der Waals surface area contributed by atoms with E-state index >= 15 is 0 Å². The maximum atomic E-state index is 5.62. The Labute approximate surface area is 90.3 Å². The van der Waals surface area contributed by atoms with Crippen LogP contribution in [0.4, 0.5) is 0 Å². The molecule has 1 rings (SSSR count). The molecule has 4 heteroatoms. The van der Waals surface area contributed by atoms with E-state index in [9.17, 15) is 0 Å². The lowest BCUT2D eigenvalue weighted by atomic mass is 10.3. The Kier molecular flexibility index (Phi) is 6.86. The van der Waals surface area contributed by atoms with Gasteiger partial charge < -0.3 is 10.5 Å². The van der Waals surface area contributed by atoms with Gasteiger partial charge in [-0.2, -0.15) is 12.6 Å². The number of benzene rings is 1. The molecule has 0 saturated heterocycles. The maximum absolute atomic E-state index is 5.62. The van der Waals surface area contributed by atoms with Crippen LogP contribution in [0.3, 0.4) is 0 Å². The van der Waals surface area contributed by atoms with Gasteiger partial charge >= 0.3 is 0 Å². The van der Waals surface area contributed by atoms with Crippen molar-refractivity contribution in [2.75, 3.05) is 12.4 Å². The molecule has 0 unspecified atom stereocenters. The SMILES string of the molecule is Cl.N[C@H](CS)COc1ccccc1. The second-order valence-corrected chi connectivity index (χ2v) is 2.93. The smallest absolute Gasteiger partial charge is 0.119 e. The summed E-state index contributed by atoms with van der Waals surface area (Å²) >= 11 is 4.06. The van der Waals surface area contributed by atoms with Crippen LogP contribution in [0, 0.1) is 0 Å². The minimum atomic E-state index is 0. The zero-order chi connectivity index (χ0) is 8.81. The van der Waals surface area contributed by atoms with Gasteiger partial charge in [-0.05, 0) is 12.1 Å². The molecule has 0 heterocycles. The predicted octanol–water partition coefficient (Wildman–Crippen LogP) is 1.74. The average molecular weight is 220 g/mol. The molecule has 0 spiro atoms. The van der Waals surface area contributed by atoms with Crippen LogP contribution in [-0.4, -0.2) is 18.4 Å². The maximum Gasteiger partial charge on any atom is 0.119 e. The quantitative estimate of drug-likeness (QED) is 0.757. The van der Waals surface area contributed by atoms with E-state index in [1.807, 2.05) is 30.3 Å². The van der Waals surface area contributed by atoms with E-state index < -0.39 is 0 Å². The number of rotatable bonds is 4. The molecule has 0 fully saturated rings. The van der Waals surface area contributed by atoms with E-state index in [2.05, 4.69) is 12.6 Å². The molecule has 2 nitrogen and oxygen atoms in total. The number of hydrogen-bond acceptors (Lipinski definition) is 3. The van der Waals surface area contributed by atoms with Gasteiger partial charge in [0.05, 0.1) is 0 Å². The molecular formula is C9H14ClNOS. The van der Waals surface area contributed by atoms with Crippen molar-refractivity contribution in [2.45, 2.75) is 6.04 Å². The van der Waals surface area contributed by atoms with Crippen LogP contribution in [0.25, 0.3) is 0 Å². The normalized spacial score (nSPS) is 11.5. The largest absolute Gasteiger partial charge is 0.492 e. The zero-order valence-electron chi connectivity index (χ0n) is 7.22. The lowest BCUT2D eigenvalue weighted by Gasteiger charge is -2.09. The molecule has 1 aromatic rings. The Morgan fingerprint density at radius 3 is 2.46 bits per heavy atom. The molecule has 74 valence electrons. The Hall–Kier alpha value is -0.380. The number of hydrogen-bond donors (Lipinski definition) is 2. The number of para-hydroxylation sites is 1. The van der Waals surface area contributed by atoms with Crippen molar-refractivity contribution in [1.29, 1.82) is 0 Å². The summed E-state index contributed by atoms with van der Waals surface area (Å²) in [7, 11) is 0. The molecule has 0 aliphatic carbocycles. The fourth-order valence-corrected chi connectivity index (χ4v) is 0.878. The zero-order valence-corrected chi connectivity index (χ0v) is 8.93. The van der Waals surface area contributed by atoms with Gasteiger partial charge in [-0.3, -0.25) is 0 Å². The van der Waals surface area contributed by atoms with Crippen molar-refractivity contribution >= 4 is 25.0 Å². The first-order chi connectivity index (χ1) is 5.83. The van der Waals surface area contributed by atoms with Crippen molar-refractivity contribution in [3.05, 3.63) is 30.3 Å². The Bertz CT molecular complexity index is 220. The highest BCUT2D eigenvalue weighted by atomic mass is 35.5. The van der Waals surface area contributed by atoms with Gasteiger partial charge in [0, 0.05) is 11.8 Å². The number of ether oxygens (including phenoxy) is 1. The molecule has 2 N–H and O–H groups in total. The second-order valence-electron chi connectivity index (χ2n) is 2.57. The van der Waals surface area contributed by atoms with E-state index in [-0.39, 0.29) is 18.4 Å². The fraction of sp³-hybridized carbons (Fsp3) is 0.333. The van der Waals surface area contributed by atoms with Crippen LogP contribution < -0.4 is 10.5 Å². The molecule has 0 aromatic heterocycles. The summed E-state index contributed by atoms with van der Waals surface area (Å²) in [5, 5.41) is 0. The first-order valence-corrected chi connectivity index (χ1v) is 4.50. The molecule has 0 bridgehead atoms. The summed E-state index contributed by atoms with van der Waals surface area (Å²) in [4.78, 5) is 0. The fourth-order valence-electron chi connectivity index (χ4n) is 0.773. The Balaban J connectivity index is 0.00000144. The third kappa shape index (κ3) is 5.03. The molecule has 0 amide bonds. The average Bonchev–Trinajstić information content (AvgIpc) is 2.16. The first-order valence-electron chi connectivity index (χ1n) is 3.87. The lowest BCUT2D eigenvalue weighted by Crippen LogP contribution is -2.29. The van der Waals surface area contributed by atoms with Crippen molar-refractivity contribution in [3.8, 4) is 5.75 Å². The number of nitrogens with two attached hydrogens (primary N) is 1. The molecule has 13 heavy (non-hydrogen) atoms. The van der Waals surface area contributed by atoms with Gasteiger partial charge in [0.15, 0.2) is 0 Å². The van der Waals surface area contributed by atoms with Crippen LogP contribution >= 0.6 is 25.0 Å². The number of thiol groups is 1. The van der Waals surface area contributed by atoms with Crippen LogP contribution in [-0.2, 0) is 0 Å². The van der Waals surface area contributed by atoms with Gasteiger partial charge in [-0.25, -0.2) is 0 Å². The third-order valence-electron chi connectivity index (χ3n) is 1.44. The van der Waals surface area contributed by atoms with Crippen molar-refractivity contribution < 1.29 is 4.74 Å². The van der Waals surface area contributed by atoms with Crippen LogP contribution in [0.2, 0.25) is 0 Å². The molecule has 0 saturated carbocycles. The van der Waals surface area contributed by atoms with Crippen molar-refractivity contribution in [3.63, 3.8) is 0 Å². The third-order valence-corrected chi connectivity index (χ3v) is 1.91. The van der Waals surface area contributed by atoms with E-state index in [0.29, 0.717) is 12.4 Å².